The van der Waals surface area contributed by atoms with E-state index in [9.17, 15) is 0 Å². The summed E-state index contributed by atoms with van der Waals surface area (Å²) in [5, 5.41) is 0. The van der Waals surface area contributed by atoms with Crippen molar-refractivity contribution >= 4 is 0 Å². The fourth-order valence-electron chi connectivity index (χ4n) is 2.82. The summed E-state index contributed by atoms with van der Waals surface area (Å²) in [7, 11) is 0. The molecule has 2 rings (SSSR count). The monoisotopic (exact) mass is 222 g/mol. The molecular formula is C13H22N2O. The third-order valence-corrected chi connectivity index (χ3v) is 3.95. The summed E-state index contributed by atoms with van der Waals surface area (Å²) >= 11 is 0. The van der Waals surface area contributed by atoms with Crippen LogP contribution in [0.5, 0.6) is 0 Å². The van der Waals surface area contributed by atoms with Gasteiger partial charge in [0.25, 0.3) is 0 Å². The molecular weight excluding hydrogens is 200 g/mol. The van der Waals surface area contributed by atoms with Crippen LogP contribution in [0.2, 0.25) is 0 Å². The highest BCUT2D eigenvalue weighted by atomic mass is 16.3. The van der Waals surface area contributed by atoms with Crippen LogP contribution in [0, 0.1) is 18.8 Å². The molecule has 0 bridgehead atoms. The van der Waals surface area contributed by atoms with Crippen LogP contribution in [-0.4, -0.2) is 0 Å². The van der Waals surface area contributed by atoms with Gasteiger partial charge >= 0.3 is 0 Å². The lowest BCUT2D eigenvalue weighted by Crippen LogP contribution is -2.35. The topological polar surface area (TPSA) is 51.2 Å². The Labute approximate surface area is 97.4 Å². The molecule has 0 aliphatic heterocycles. The SMILES string of the molecule is Cc1occc1C(NN)C1CCC(C)CC1. The first-order valence-electron chi connectivity index (χ1n) is 6.22. The van der Waals surface area contributed by atoms with Crippen LogP contribution in [0.15, 0.2) is 16.7 Å². The largest absolute Gasteiger partial charge is 0.469 e. The Balaban J connectivity index is 2.08. The predicted octanol–water partition coefficient (Wildman–Crippen LogP) is 2.92. The van der Waals surface area contributed by atoms with Gasteiger partial charge in [0.1, 0.15) is 5.76 Å². The van der Waals surface area contributed by atoms with Crippen molar-refractivity contribution in [3.63, 3.8) is 0 Å². The smallest absolute Gasteiger partial charge is 0.105 e. The molecule has 1 atom stereocenters. The van der Waals surface area contributed by atoms with Gasteiger partial charge in [0.15, 0.2) is 0 Å². The Bertz CT molecular complexity index is 326. The fraction of sp³-hybridized carbons (Fsp3) is 0.692. The summed E-state index contributed by atoms with van der Waals surface area (Å²) in [5.74, 6) is 8.22. The van der Waals surface area contributed by atoms with Crippen molar-refractivity contribution in [2.45, 2.75) is 45.6 Å². The number of aryl methyl sites for hydroxylation is 1. The molecule has 3 heteroatoms. The summed E-state index contributed by atoms with van der Waals surface area (Å²) < 4.78 is 5.36. The van der Waals surface area contributed by atoms with Crippen molar-refractivity contribution in [2.24, 2.45) is 17.7 Å². The summed E-state index contributed by atoms with van der Waals surface area (Å²) in [6.07, 6.45) is 6.92. The van der Waals surface area contributed by atoms with Gasteiger partial charge < -0.3 is 4.42 Å². The molecule has 1 aliphatic carbocycles. The van der Waals surface area contributed by atoms with Crippen LogP contribution in [-0.2, 0) is 0 Å². The van der Waals surface area contributed by atoms with E-state index in [0.717, 1.165) is 11.7 Å². The summed E-state index contributed by atoms with van der Waals surface area (Å²) in [5.41, 5.74) is 4.19. The van der Waals surface area contributed by atoms with E-state index in [1.165, 1.54) is 31.2 Å². The van der Waals surface area contributed by atoms with Crippen molar-refractivity contribution in [3.05, 3.63) is 23.7 Å². The Morgan fingerprint density at radius 1 is 1.38 bits per heavy atom. The Kier molecular flexibility index (Phi) is 3.66. The highest BCUT2D eigenvalue weighted by molar-refractivity contribution is 5.21. The molecule has 3 nitrogen and oxygen atoms in total. The molecule has 1 aromatic heterocycles. The Hall–Kier alpha value is -0.800. The van der Waals surface area contributed by atoms with Crippen LogP contribution in [0.4, 0.5) is 0 Å². The third-order valence-electron chi connectivity index (χ3n) is 3.95. The zero-order valence-corrected chi connectivity index (χ0v) is 10.2. The molecule has 0 radical (unpaired) electrons. The fourth-order valence-corrected chi connectivity index (χ4v) is 2.82. The molecule has 0 aromatic carbocycles. The van der Waals surface area contributed by atoms with Crippen molar-refractivity contribution < 1.29 is 4.42 Å². The van der Waals surface area contributed by atoms with E-state index in [1.807, 2.05) is 13.0 Å². The van der Waals surface area contributed by atoms with E-state index in [-0.39, 0.29) is 6.04 Å². The van der Waals surface area contributed by atoms with Crippen molar-refractivity contribution in [1.29, 1.82) is 0 Å². The number of furan rings is 1. The van der Waals surface area contributed by atoms with E-state index in [2.05, 4.69) is 12.3 Å². The van der Waals surface area contributed by atoms with Crippen LogP contribution in [0.25, 0.3) is 0 Å². The number of rotatable bonds is 3. The zero-order chi connectivity index (χ0) is 11.5. The number of hydrazine groups is 1. The Morgan fingerprint density at radius 2 is 2.06 bits per heavy atom. The van der Waals surface area contributed by atoms with Crippen LogP contribution >= 0.6 is 0 Å². The van der Waals surface area contributed by atoms with Gasteiger partial charge in [-0.05, 0) is 37.7 Å². The van der Waals surface area contributed by atoms with Gasteiger partial charge in [-0.2, -0.15) is 0 Å². The summed E-state index contributed by atoms with van der Waals surface area (Å²) in [6.45, 7) is 4.34. The van der Waals surface area contributed by atoms with E-state index < -0.39 is 0 Å². The highest BCUT2D eigenvalue weighted by Gasteiger charge is 2.28. The quantitative estimate of drug-likeness (QED) is 0.610. The molecule has 0 spiro atoms. The molecule has 1 unspecified atom stereocenters. The van der Waals surface area contributed by atoms with Crippen LogP contribution < -0.4 is 11.3 Å². The van der Waals surface area contributed by atoms with Crippen molar-refractivity contribution in [1.82, 2.24) is 5.43 Å². The molecule has 1 heterocycles. The van der Waals surface area contributed by atoms with E-state index in [1.54, 1.807) is 6.26 Å². The minimum Gasteiger partial charge on any atom is -0.469 e. The van der Waals surface area contributed by atoms with Gasteiger partial charge in [0.05, 0.1) is 12.3 Å². The first kappa shape index (κ1) is 11.7. The van der Waals surface area contributed by atoms with Gasteiger partial charge in [0, 0.05) is 5.56 Å². The highest BCUT2D eigenvalue weighted by Crippen LogP contribution is 2.37. The summed E-state index contributed by atoms with van der Waals surface area (Å²) in [6, 6.07) is 2.30. The average Bonchev–Trinajstić information content (AvgIpc) is 2.69. The van der Waals surface area contributed by atoms with Crippen LogP contribution in [0.3, 0.4) is 0 Å². The molecule has 3 N–H and O–H groups in total. The maximum absolute atomic E-state index is 5.71. The second kappa shape index (κ2) is 5.02. The lowest BCUT2D eigenvalue weighted by atomic mass is 9.77. The number of nitrogens with two attached hydrogens (primary N) is 1. The number of hydrogen-bond acceptors (Lipinski definition) is 3. The molecule has 0 saturated heterocycles. The van der Waals surface area contributed by atoms with Gasteiger partial charge in [-0.3, -0.25) is 11.3 Å². The third kappa shape index (κ3) is 2.30. The predicted molar refractivity (Wildman–Crippen MR) is 64.6 cm³/mol. The minimum absolute atomic E-state index is 0.256. The van der Waals surface area contributed by atoms with Crippen molar-refractivity contribution in [3.8, 4) is 0 Å². The van der Waals surface area contributed by atoms with E-state index in [4.69, 9.17) is 10.3 Å². The van der Waals surface area contributed by atoms with Crippen molar-refractivity contribution in [2.75, 3.05) is 0 Å². The van der Waals surface area contributed by atoms with Gasteiger partial charge in [-0.25, -0.2) is 0 Å². The summed E-state index contributed by atoms with van der Waals surface area (Å²) in [4.78, 5) is 0. The molecule has 90 valence electrons. The molecule has 1 fully saturated rings. The second-order valence-corrected chi connectivity index (χ2v) is 5.10. The van der Waals surface area contributed by atoms with Gasteiger partial charge in [-0.15, -0.1) is 0 Å². The number of nitrogens with one attached hydrogen (secondary N) is 1. The molecule has 1 saturated carbocycles. The average molecular weight is 222 g/mol. The first-order chi connectivity index (χ1) is 7.72. The maximum Gasteiger partial charge on any atom is 0.105 e. The second-order valence-electron chi connectivity index (χ2n) is 5.10. The molecule has 0 amide bonds. The lowest BCUT2D eigenvalue weighted by molar-refractivity contribution is 0.231. The van der Waals surface area contributed by atoms with Crippen LogP contribution in [0.1, 0.15) is 50.0 Å². The van der Waals surface area contributed by atoms with Gasteiger partial charge in [-0.1, -0.05) is 19.8 Å². The Morgan fingerprint density at radius 3 is 2.56 bits per heavy atom. The maximum atomic E-state index is 5.71. The number of hydrogen-bond donors (Lipinski definition) is 2. The minimum atomic E-state index is 0.256. The van der Waals surface area contributed by atoms with E-state index >= 15 is 0 Å². The normalized spacial score (nSPS) is 27.9. The lowest BCUT2D eigenvalue weighted by Gasteiger charge is -2.32. The van der Waals surface area contributed by atoms with Gasteiger partial charge in [0.2, 0.25) is 0 Å². The molecule has 16 heavy (non-hydrogen) atoms. The first-order valence-corrected chi connectivity index (χ1v) is 6.22. The van der Waals surface area contributed by atoms with E-state index in [0.29, 0.717) is 5.92 Å². The molecule has 1 aromatic rings. The standard InChI is InChI=1S/C13H22N2O/c1-9-3-5-11(6-4-9)13(15-14)12-7-8-16-10(12)2/h7-9,11,13,15H,3-6,14H2,1-2H3. The molecule has 1 aliphatic rings. The zero-order valence-electron chi connectivity index (χ0n) is 10.2.